The maximum atomic E-state index is 12.2. The van der Waals surface area contributed by atoms with Crippen LogP contribution in [-0.4, -0.2) is 33.0 Å². The molecule has 0 saturated carbocycles. The van der Waals surface area contributed by atoms with E-state index in [0.29, 0.717) is 32.3 Å². The SMILES string of the molecule is CC1=CC(=C2C=C(C(=O)O)C(O)=C(C)C2Cc2c(Cl)cccc2Cl)C=C(C(=O)O)C1=O. The van der Waals surface area contributed by atoms with Crippen LogP contribution < -0.4 is 0 Å². The molecule has 0 aromatic heterocycles. The van der Waals surface area contributed by atoms with Gasteiger partial charge in [0.15, 0.2) is 5.78 Å². The van der Waals surface area contributed by atoms with Crippen LogP contribution in [0, 0.1) is 5.92 Å². The molecule has 1 aromatic rings. The van der Waals surface area contributed by atoms with Gasteiger partial charge in [0.1, 0.15) is 16.9 Å². The number of rotatable bonds is 4. The number of hydrogen-bond acceptors (Lipinski definition) is 4. The maximum Gasteiger partial charge on any atom is 0.339 e. The van der Waals surface area contributed by atoms with E-state index in [1.54, 1.807) is 25.1 Å². The molecule has 8 heteroatoms. The topological polar surface area (TPSA) is 112 Å². The molecule has 31 heavy (non-hydrogen) atoms. The molecule has 3 rings (SSSR count). The van der Waals surface area contributed by atoms with Crippen LogP contribution in [0.25, 0.3) is 0 Å². The zero-order chi connectivity index (χ0) is 23.0. The van der Waals surface area contributed by atoms with E-state index >= 15 is 0 Å². The van der Waals surface area contributed by atoms with Gasteiger partial charge in [0.2, 0.25) is 0 Å². The molecule has 1 unspecified atom stereocenters. The Morgan fingerprint density at radius 1 is 0.968 bits per heavy atom. The van der Waals surface area contributed by atoms with Gasteiger partial charge in [0.05, 0.1) is 0 Å². The Morgan fingerprint density at radius 2 is 1.55 bits per heavy atom. The zero-order valence-electron chi connectivity index (χ0n) is 16.6. The second-order valence-electron chi connectivity index (χ2n) is 7.28. The summed E-state index contributed by atoms with van der Waals surface area (Å²) in [5.41, 5.74) is 1.24. The van der Waals surface area contributed by atoms with Crippen LogP contribution in [0.2, 0.25) is 10.0 Å². The monoisotopic (exact) mass is 460 g/mol. The number of carbonyl (C=O) groups excluding carboxylic acids is 1. The van der Waals surface area contributed by atoms with E-state index < -0.39 is 29.2 Å². The summed E-state index contributed by atoms with van der Waals surface area (Å²) in [5.74, 6) is -4.26. The highest BCUT2D eigenvalue weighted by atomic mass is 35.5. The lowest BCUT2D eigenvalue weighted by Crippen LogP contribution is -2.22. The fourth-order valence-corrected chi connectivity index (χ4v) is 4.23. The summed E-state index contributed by atoms with van der Waals surface area (Å²) in [6, 6.07) is 5.03. The Kier molecular flexibility index (Phi) is 6.25. The quantitative estimate of drug-likeness (QED) is 0.553. The molecular weight excluding hydrogens is 443 g/mol. The number of carbonyl (C=O) groups is 3. The second-order valence-corrected chi connectivity index (χ2v) is 8.10. The van der Waals surface area contributed by atoms with E-state index in [1.807, 2.05) is 0 Å². The molecule has 0 fully saturated rings. The van der Waals surface area contributed by atoms with Crippen LogP contribution in [0.15, 0.2) is 75.6 Å². The van der Waals surface area contributed by atoms with Crippen molar-refractivity contribution in [2.45, 2.75) is 20.3 Å². The Morgan fingerprint density at radius 3 is 2.10 bits per heavy atom. The third kappa shape index (κ3) is 4.22. The maximum absolute atomic E-state index is 12.2. The van der Waals surface area contributed by atoms with Crippen molar-refractivity contribution in [3.63, 3.8) is 0 Å². The summed E-state index contributed by atoms with van der Waals surface area (Å²) in [7, 11) is 0. The number of allylic oxidation sites excluding steroid dienone is 7. The normalized spacial score (nSPS) is 21.5. The van der Waals surface area contributed by atoms with E-state index in [4.69, 9.17) is 23.2 Å². The number of carboxylic acid groups (broad SMARTS) is 2. The molecule has 3 N–H and O–H groups in total. The molecule has 0 spiro atoms. The van der Waals surface area contributed by atoms with E-state index in [1.165, 1.54) is 25.2 Å². The summed E-state index contributed by atoms with van der Waals surface area (Å²) >= 11 is 12.6. The van der Waals surface area contributed by atoms with Crippen LogP contribution >= 0.6 is 23.2 Å². The van der Waals surface area contributed by atoms with Crippen molar-refractivity contribution < 1.29 is 29.7 Å². The number of hydrogen-bond donors (Lipinski definition) is 3. The molecule has 1 atom stereocenters. The molecule has 0 saturated heterocycles. The number of ketones is 1. The van der Waals surface area contributed by atoms with Crippen molar-refractivity contribution in [2.24, 2.45) is 5.92 Å². The smallest absolute Gasteiger partial charge is 0.339 e. The molecule has 160 valence electrons. The highest BCUT2D eigenvalue weighted by Gasteiger charge is 2.32. The third-order valence-corrected chi connectivity index (χ3v) is 6.07. The average molecular weight is 461 g/mol. The standard InChI is InChI=1S/C23H18Cl2O6/c1-10-6-12(7-16(20(10)26)22(28)29)14-9-17(23(30)31)21(27)11(2)13(14)8-15-18(24)4-3-5-19(15)25/h3-7,9,13,27H,8H2,1-2H3,(H,28,29)(H,30,31). The van der Waals surface area contributed by atoms with Gasteiger partial charge in [-0.15, -0.1) is 0 Å². The van der Waals surface area contributed by atoms with Crippen LogP contribution in [0.1, 0.15) is 19.4 Å². The van der Waals surface area contributed by atoms with E-state index in [-0.39, 0.29) is 23.3 Å². The second kappa shape index (κ2) is 8.57. The Labute approximate surface area is 188 Å². The minimum absolute atomic E-state index is 0.207. The number of benzene rings is 1. The van der Waals surface area contributed by atoms with Crippen molar-refractivity contribution in [3.05, 3.63) is 91.2 Å². The molecule has 0 aliphatic heterocycles. The first-order valence-electron chi connectivity index (χ1n) is 9.23. The Balaban J connectivity index is 2.27. The molecule has 2 aliphatic carbocycles. The van der Waals surface area contributed by atoms with Crippen LogP contribution in [-0.2, 0) is 20.8 Å². The van der Waals surface area contributed by atoms with Gasteiger partial charge >= 0.3 is 11.9 Å². The highest BCUT2D eigenvalue weighted by Crippen LogP contribution is 2.40. The average Bonchev–Trinajstić information content (AvgIpc) is 2.69. The number of halogens is 2. The summed E-state index contributed by atoms with van der Waals surface area (Å²) in [6.07, 6.45) is 4.26. The minimum atomic E-state index is -1.38. The predicted octanol–water partition coefficient (Wildman–Crippen LogP) is 4.85. The lowest BCUT2D eigenvalue weighted by Gasteiger charge is -2.28. The third-order valence-electron chi connectivity index (χ3n) is 5.37. The van der Waals surface area contributed by atoms with E-state index in [0.717, 1.165) is 0 Å². The Bertz CT molecular complexity index is 1160. The first-order valence-corrected chi connectivity index (χ1v) is 9.98. The fraction of sp³-hybridized carbons (Fsp3) is 0.174. The molecule has 0 amide bonds. The first kappa shape index (κ1) is 22.6. The van der Waals surface area contributed by atoms with Crippen LogP contribution in [0.3, 0.4) is 0 Å². The number of aliphatic hydroxyl groups excluding tert-OH is 1. The van der Waals surface area contributed by atoms with Gasteiger partial charge < -0.3 is 15.3 Å². The number of aliphatic carboxylic acids is 2. The molecule has 0 bridgehead atoms. The lowest BCUT2D eigenvalue weighted by molar-refractivity contribution is -0.134. The predicted molar refractivity (Wildman–Crippen MR) is 116 cm³/mol. The summed E-state index contributed by atoms with van der Waals surface area (Å²) in [6.45, 7) is 3.08. The van der Waals surface area contributed by atoms with Crippen molar-refractivity contribution in [1.29, 1.82) is 0 Å². The van der Waals surface area contributed by atoms with Gasteiger partial charge in [0.25, 0.3) is 0 Å². The minimum Gasteiger partial charge on any atom is -0.507 e. The van der Waals surface area contributed by atoms with E-state index in [9.17, 15) is 29.7 Å². The van der Waals surface area contributed by atoms with Crippen molar-refractivity contribution >= 4 is 40.9 Å². The Hall–Kier alpha value is -3.09. The van der Waals surface area contributed by atoms with E-state index in [2.05, 4.69) is 0 Å². The highest BCUT2D eigenvalue weighted by molar-refractivity contribution is 6.36. The lowest BCUT2D eigenvalue weighted by atomic mass is 9.76. The molecular formula is C23H18Cl2O6. The van der Waals surface area contributed by atoms with Gasteiger partial charge in [-0.05, 0) is 78.5 Å². The summed E-state index contributed by atoms with van der Waals surface area (Å²) in [4.78, 5) is 35.5. The van der Waals surface area contributed by atoms with Gasteiger partial charge in [-0.2, -0.15) is 0 Å². The van der Waals surface area contributed by atoms with Gasteiger partial charge in [-0.3, -0.25) is 4.79 Å². The molecule has 0 heterocycles. The number of carboxylic acids is 2. The van der Waals surface area contributed by atoms with Gasteiger partial charge in [-0.25, -0.2) is 9.59 Å². The molecule has 6 nitrogen and oxygen atoms in total. The number of aliphatic hydroxyl groups is 1. The molecule has 1 aromatic carbocycles. The molecule has 0 radical (unpaired) electrons. The van der Waals surface area contributed by atoms with Gasteiger partial charge in [-0.1, -0.05) is 29.3 Å². The van der Waals surface area contributed by atoms with Crippen LogP contribution in [0.5, 0.6) is 0 Å². The van der Waals surface area contributed by atoms with Crippen LogP contribution in [0.4, 0.5) is 0 Å². The molecule has 2 aliphatic rings. The zero-order valence-corrected chi connectivity index (χ0v) is 18.1. The van der Waals surface area contributed by atoms with Gasteiger partial charge in [0, 0.05) is 16.0 Å². The fourth-order valence-electron chi connectivity index (χ4n) is 3.68. The van der Waals surface area contributed by atoms with Crippen molar-refractivity contribution in [3.8, 4) is 0 Å². The van der Waals surface area contributed by atoms with Crippen molar-refractivity contribution in [1.82, 2.24) is 0 Å². The summed E-state index contributed by atoms with van der Waals surface area (Å²) in [5, 5.41) is 30.3. The number of Topliss-reactive ketones (excluding diaryl/α,β-unsaturated/α-hetero) is 1. The summed E-state index contributed by atoms with van der Waals surface area (Å²) < 4.78 is 0. The first-order chi connectivity index (χ1) is 14.5. The largest absolute Gasteiger partial charge is 0.507 e. The van der Waals surface area contributed by atoms with Crippen molar-refractivity contribution in [2.75, 3.05) is 0 Å².